The van der Waals surface area contributed by atoms with Gasteiger partial charge in [-0.2, -0.15) is 0 Å². The van der Waals surface area contributed by atoms with Crippen molar-refractivity contribution in [3.8, 4) is 11.5 Å². The Balaban J connectivity index is 1.90. The highest BCUT2D eigenvalue weighted by molar-refractivity contribution is 6.46. The number of Topliss-reactive ketones (excluding diaryl/α,β-unsaturated/α-hetero) is 1. The minimum Gasteiger partial charge on any atom is -0.507 e. The minimum absolute atomic E-state index is 0.0443. The van der Waals surface area contributed by atoms with Gasteiger partial charge >= 0.3 is 0 Å². The lowest BCUT2D eigenvalue weighted by Gasteiger charge is -2.27. The minimum atomic E-state index is -0.840. The number of aromatic nitrogens is 1. The molecule has 0 spiro atoms. The molecule has 1 atom stereocenters. The number of anilines is 1. The van der Waals surface area contributed by atoms with Gasteiger partial charge in [0, 0.05) is 43.8 Å². The second kappa shape index (κ2) is 11.6. The van der Waals surface area contributed by atoms with Gasteiger partial charge in [-0.3, -0.25) is 14.6 Å². The van der Waals surface area contributed by atoms with Crippen LogP contribution in [0, 0.1) is 0 Å². The third-order valence-corrected chi connectivity index (χ3v) is 6.98. The number of carbonyl (C=O) groups is 2. The summed E-state index contributed by atoms with van der Waals surface area (Å²) in [7, 11) is 2.88. The molecular formula is C29H30ClN3O5. The molecule has 198 valence electrons. The number of likely N-dealkylation sites (tertiary alicyclic amines) is 1. The van der Waals surface area contributed by atoms with E-state index in [9.17, 15) is 14.7 Å². The number of benzene rings is 2. The molecule has 1 aromatic heterocycles. The maximum absolute atomic E-state index is 13.5. The number of methoxy groups -OCH3 is 2. The number of halogens is 1. The van der Waals surface area contributed by atoms with E-state index in [1.165, 1.54) is 31.3 Å². The van der Waals surface area contributed by atoms with Crippen molar-refractivity contribution in [3.05, 3.63) is 88.2 Å². The Labute approximate surface area is 227 Å². The van der Waals surface area contributed by atoms with Gasteiger partial charge < -0.3 is 24.4 Å². The van der Waals surface area contributed by atoms with Crippen molar-refractivity contribution in [2.45, 2.75) is 26.4 Å². The number of nitrogens with zero attached hydrogens (tertiary/aromatic N) is 3. The number of aliphatic hydroxyl groups excluding tert-OH is 1. The van der Waals surface area contributed by atoms with E-state index in [1.807, 2.05) is 30.3 Å². The Morgan fingerprint density at radius 2 is 1.74 bits per heavy atom. The zero-order valence-electron chi connectivity index (χ0n) is 21.8. The number of aliphatic hydroxyl groups is 1. The summed E-state index contributed by atoms with van der Waals surface area (Å²) >= 11 is 6.26. The third-order valence-electron chi connectivity index (χ3n) is 6.68. The van der Waals surface area contributed by atoms with E-state index in [-0.39, 0.29) is 34.2 Å². The lowest BCUT2D eigenvalue weighted by molar-refractivity contribution is -0.140. The number of amides is 1. The van der Waals surface area contributed by atoms with Gasteiger partial charge in [-0.15, -0.1) is 0 Å². The molecule has 1 aliphatic rings. The van der Waals surface area contributed by atoms with Crippen LogP contribution in [0.25, 0.3) is 5.76 Å². The summed E-state index contributed by atoms with van der Waals surface area (Å²) in [5, 5.41) is 11.8. The smallest absolute Gasteiger partial charge is 0.295 e. The molecule has 1 amide bonds. The average Bonchev–Trinajstić information content (AvgIpc) is 3.19. The van der Waals surface area contributed by atoms with E-state index in [4.69, 9.17) is 21.1 Å². The Morgan fingerprint density at radius 1 is 1.05 bits per heavy atom. The number of hydrogen-bond donors (Lipinski definition) is 1. The molecule has 3 aromatic rings. The first-order chi connectivity index (χ1) is 18.3. The van der Waals surface area contributed by atoms with Gasteiger partial charge in [0.15, 0.2) is 0 Å². The second-order valence-electron chi connectivity index (χ2n) is 8.74. The summed E-state index contributed by atoms with van der Waals surface area (Å²) in [6, 6.07) is 13.4. The predicted molar refractivity (Wildman–Crippen MR) is 147 cm³/mol. The third kappa shape index (κ3) is 5.04. The Bertz CT molecular complexity index is 1350. The van der Waals surface area contributed by atoms with Crippen molar-refractivity contribution in [3.63, 3.8) is 0 Å². The molecule has 1 aliphatic heterocycles. The number of rotatable bonds is 9. The van der Waals surface area contributed by atoms with Crippen LogP contribution in [0.1, 0.15) is 36.6 Å². The molecule has 1 N–H and O–H groups in total. The normalized spacial score (nSPS) is 16.6. The van der Waals surface area contributed by atoms with E-state index in [1.54, 1.807) is 18.5 Å². The molecular weight excluding hydrogens is 506 g/mol. The number of pyridine rings is 1. The average molecular weight is 536 g/mol. The molecule has 8 nitrogen and oxygen atoms in total. The molecule has 38 heavy (non-hydrogen) atoms. The maximum Gasteiger partial charge on any atom is 0.295 e. The SMILES string of the molecule is CCN(CC)c1ccc(C2/C(=C(\O)c3cc(OC)c(Cl)cc3OC)C(=O)C(=O)N2Cc2cccnc2)cc1. The highest BCUT2D eigenvalue weighted by Crippen LogP contribution is 2.43. The zero-order valence-corrected chi connectivity index (χ0v) is 22.5. The lowest BCUT2D eigenvalue weighted by Crippen LogP contribution is -2.29. The topological polar surface area (TPSA) is 92.2 Å². The number of carbonyl (C=O) groups excluding carboxylic acids is 2. The van der Waals surface area contributed by atoms with Crippen LogP contribution in [0.4, 0.5) is 5.69 Å². The van der Waals surface area contributed by atoms with Crippen LogP contribution in [0.2, 0.25) is 5.02 Å². The Hall–Kier alpha value is -4.04. The van der Waals surface area contributed by atoms with Crippen molar-refractivity contribution in [1.82, 2.24) is 9.88 Å². The Morgan fingerprint density at radius 3 is 2.32 bits per heavy atom. The molecule has 0 aliphatic carbocycles. The highest BCUT2D eigenvalue weighted by atomic mass is 35.5. The summed E-state index contributed by atoms with van der Waals surface area (Å²) in [4.78, 5) is 34.6. The molecule has 2 heterocycles. The van der Waals surface area contributed by atoms with Gasteiger partial charge in [0.1, 0.15) is 17.3 Å². The summed E-state index contributed by atoms with van der Waals surface area (Å²) in [6.45, 7) is 5.97. The molecule has 4 rings (SSSR count). The van der Waals surface area contributed by atoms with E-state index < -0.39 is 17.7 Å². The fourth-order valence-corrected chi connectivity index (χ4v) is 4.96. The van der Waals surface area contributed by atoms with Crippen LogP contribution in [0.15, 0.2) is 66.5 Å². The van der Waals surface area contributed by atoms with E-state index >= 15 is 0 Å². The molecule has 2 aromatic carbocycles. The van der Waals surface area contributed by atoms with Gasteiger partial charge in [-0.05, 0) is 49.2 Å². The van der Waals surface area contributed by atoms with Gasteiger partial charge in [-0.25, -0.2) is 0 Å². The summed E-state index contributed by atoms with van der Waals surface area (Å²) in [5.74, 6) is -1.35. The number of hydrogen-bond acceptors (Lipinski definition) is 7. The number of ether oxygens (including phenoxy) is 2. The molecule has 1 unspecified atom stereocenters. The standard InChI is InChI=1S/C29H30ClN3O5/c1-5-32(6-2)20-11-9-19(10-12-20)26-25(27(34)21-14-24(38-4)22(30)15-23(21)37-3)28(35)29(36)33(26)17-18-8-7-13-31-16-18/h7-16,26,34H,5-6,17H2,1-4H3/b27-25+. The first kappa shape index (κ1) is 27.0. The molecule has 0 saturated carbocycles. The van der Waals surface area contributed by atoms with Crippen molar-refractivity contribution in [2.75, 3.05) is 32.2 Å². The van der Waals surface area contributed by atoms with Gasteiger partial charge in [-0.1, -0.05) is 29.8 Å². The second-order valence-corrected chi connectivity index (χ2v) is 9.15. The maximum atomic E-state index is 13.5. The molecule has 1 fully saturated rings. The molecule has 0 radical (unpaired) electrons. The van der Waals surface area contributed by atoms with Gasteiger partial charge in [0.05, 0.1) is 36.4 Å². The van der Waals surface area contributed by atoms with E-state index in [0.29, 0.717) is 11.3 Å². The largest absolute Gasteiger partial charge is 0.507 e. The molecule has 9 heteroatoms. The first-order valence-corrected chi connectivity index (χ1v) is 12.7. The molecule has 0 bridgehead atoms. The van der Waals surface area contributed by atoms with Crippen LogP contribution >= 0.6 is 11.6 Å². The zero-order chi connectivity index (χ0) is 27.4. The van der Waals surface area contributed by atoms with E-state index in [2.05, 4.69) is 23.7 Å². The van der Waals surface area contributed by atoms with Crippen molar-refractivity contribution < 1.29 is 24.2 Å². The first-order valence-electron chi connectivity index (χ1n) is 12.3. The number of ketones is 1. The van der Waals surface area contributed by atoms with Crippen LogP contribution in [0.5, 0.6) is 11.5 Å². The fraction of sp³-hybridized carbons (Fsp3) is 0.276. The van der Waals surface area contributed by atoms with Crippen molar-refractivity contribution in [2.24, 2.45) is 0 Å². The van der Waals surface area contributed by atoms with Gasteiger partial charge in [0.25, 0.3) is 11.7 Å². The highest BCUT2D eigenvalue weighted by Gasteiger charge is 2.46. The summed E-state index contributed by atoms with van der Waals surface area (Å²) in [5.41, 5.74) is 2.61. The quantitative estimate of drug-likeness (QED) is 0.228. The predicted octanol–water partition coefficient (Wildman–Crippen LogP) is 5.22. The Kier molecular flexibility index (Phi) is 8.22. The van der Waals surface area contributed by atoms with Crippen LogP contribution < -0.4 is 14.4 Å². The van der Waals surface area contributed by atoms with Crippen LogP contribution in [-0.4, -0.2) is 54.0 Å². The van der Waals surface area contributed by atoms with Crippen LogP contribution in [-0.2, 0) is 16.1 Å². The lowest BCUT2D eigenvalue weighted by atomic mass is 9.94. The summed E-state index contributed by atoms with van der Waals surface area (Å²) in [6.07, 6.45) is 3.29. The van der Waals surface area contributed by atoms with E-state index in [0.717, 1.165) is 24.3 Å². The van der Waals surface area contributed by atoms with Crippen molar-refractivity contribution in [1.29, 1.82) is 0 Å². The summed E-state index contributed by atoms with van der Waals surface area (Å²) < 4.78 is 10.8. The fourth-order valence-electron chi connectivity index (χ4n) is 4.72. The molecule has 1 saturated heterocycles. The monoisotopic (exact) mass is 535 g/mol. The van der Waals surface area contributed by atoms with Gasteiger partial charge in [0.2, 0.25) is 0 Å². The van der Waals surface area contributed by atoms with Crippen LogP contribution in [0.3, 0.4) is 0 Å². The van der Waals surface area contributed by atoms with Crippen molar-refractivity contribution >= 4 is 34.7 Å².